The first kappa shape index (κ1) is 20.1. The van der Waals surface area contributed by atoms with Crippen molar-refractivity contribution in [3.63, 3.8) is 0 Å². The van der Waals surface area contributed by atoms with Gasteiger partial charge in [0.2, 0.25) is 11.9 Å². The summed E-state index contributed by atoms with van der Waals surface area (Å²) < 4.78 is 0. The van der Waals surface area contributed by atoms with E-state index in [2.05, 4.69) is 43.5 Å². The van der Waals surface area contributed by atoms with E-state index in [1.807, 2.05) is 18.5 Å². The topological polar surface area (TPSA) is 61.4 Å². The Hall–Kier alpha value is -2.15. The Labute approximate surface area is 177 Å². The Balaban J connectivity index is 1.29. The molecule has 2 saturated heterocycles. The average molecular weight is 414 g/mol. The highest BCUT2D eigenvalue weighted by Crippen LogP contribution is 2.26. The van der Waals surface area contributed by atoms with Crippen LogP contribution in [0.2, 0.25) is 0 Å². The molecular formula is C22H31N5OS. The highest BCUT2D eigenvalue weighted by atomic mass is 32.1. The Morgan fingerprint density at radius 3 is 2.48 bits per heavy atom. The van der Waals surface area contributed by atoms with Gasteiger partial charge in [0.25, 0.3) is 0 Å². The number of carbonyl (C=O) groups is 1. The molecule has 2 fully saturated rings. The van der Waals surface area contributed by atoms with Gasteiger partial charge in [-0.2, -0.15) is 0 Å². The summed E-state index contributed by atoms with van der Waals surface area (Å²) in [7, 11) is 0. The fourth-order valence-corrected chi connectivity index (χ4v) is 5.15. The van der Waals surface area contributed by atoms with Crippen LogP contribution >= 0.6 is 11.3 Å². The van der Waals surface area contributed by atoms with E-state index >= 15 is 0 Å². The number of hydrogen-bond donors (Lipinski definition) is 1. The minimum Gasteiger partial charge on any atom is -0.369 e. The van der Waals surface area contributed by atoms with Gasteiger partial charge in [-0.05, 0) is 50.0 Å². The summed E-state index contributed by atoms with van der Waals surface area (Å²) in [6.07, 6.45) is 10.3. The third kappa shape index (κ3) is 4.89. The Morgan fingerprint density at radius 2 is 1.86 bits per heavy atom. The van der Waals surface area contributed by atoms with Gasteiger partial charge in [0.15, 0.2) is 0 Å². The van der Waals surface area contributed by atoms with Gasteiger partial charge in [-0.3, -0.25) is 4.79 Å². The summed E-state index contributed by atoms with van der Waals surface area (Å²) >= 11 is 1.71. The van der Waals surface area contributed by atoms with Crippen molar-refractivity contribution < 1.29 is 4.79 Å². The molecule has 0 aromatic carbocycles. The van der Waals surface area contributed by atoms with Gasteiger partial charge in [0.1, 0.15) is 0 Å². The van der Waals surface area contributed by atoms with E-state index in [0.29, 0.717) is 0 Å². The normalized spacial score (nSPS) is 19.2. The largest absolute Gasteiger partial charge is 0.369 e. The van der Waals surface area contributed by atoms with Crippen LogP contribution in [0.15, 0.2) is 29.9 Å². The number of carbonyl (C=O) groups excluding carboxylic acids is 1. The molecular weight excluding hydrogens is 382 g/mol. The predicted octanol–water partition coefficient (Wildman–Crippen LogP) is 4.01. The molecule has 2 aliphatic heterocycles. The lowest BCUT2D eigenvalue weighted by Gasteiger charge is -2.33. The molecule has 6 nitrogen and oxygen atoms in total. The van der Waals surface area contributed by atoms with E-state index in [1.165, 1.54) is 24.1 Å². The standard InChI is InChI=1S/C22H31N5OS/c1-2-19(20-7-6-14-29-20)25-21(28)17-8-12-26(13-9-17)18-15-23-22(24-16-18)27-10-4-3-5-11-27/h6-7,14-17,19H,2-5,8-13H2,1H3,(H,25,28). The van der Waals surface area contributed by atoms with Crippen molar-refractivity contribution in [1.29, 1.82) is 0 Å². The zero-order valence-corrected chi connectivity index (χ0v) is 18.0. The molecule has 0 bridgehead atoms. The zero-order valence-electron chi connectivity index (χ0n) is 17.2. The molecule has 0 saturated carbocycles. The lowest BCUT2D eigenvalue weighted by atomic mass is 9.95. The first-order valence-corrected chi connectivity index (χ1v) is 11.8. The van der Waals surface area contributed by atoms with Gasteiger partial charge < -0.3 is 15.1 Å². The van der Waals surface area contributed by atoms with Gasteiger partial charge in [0, 0.05) is 37.0 Å². The average Bonchev–Trinajstić information content (AvgIpc) is 3.33. The van der Waals surface area contributed by atoms with Crippen molar-refractivity contribution in [3.05, 3.63) is 34.8 Å². The van der Waals surface area contributed by atoms with Crippen LogP contribution < -0.4 is 15.1 Å². The van der Waals surface area contributed by atoms with Gasteiger partial charge in [-0.25, -0.2) is 9.97 Å². The molecule has 0 spiro atoms. The van der Waals surface area contributed by atoms with E-state index in [0.717, 1.165) is 57.1 Å². The molecule has 7 heteroatoms. The fraction of sp³-hybridized carbons (Fsp3) is 0.591. The Kier molecular flexibility index (Phi) is 6.64. The molecule has 156 valence electrons. The van der Waals surface area contributed by atoms with E-state index in [1.54, 1.807) is 11.3 Å². The van der Waals surface area contributed by atoms with Crippen molar-refractivity contribution in [2.75, 3.05) is 36.0 Å². The number of piperidine rings is 2. The molecule has 2 aromatic rings. The second kappa shape index (κ2) is 9.57. The van der Waals surface area contributed by atoms with Crippen LogP contribution in [0.1, 0.15) is 56.4 Å². The van der Waals surface area contributed by atoms with Crippen molar-refractivity contribution in [2.45, 2.75) is 51.5 Å². The van der Waals surface area contributed by atoms with Crippen LogP contribution in [-0.2, 0) is 4.79 Å². The first-order valence-electron chi connectivity index (χ1n) is 10.9. The molecule has 0 aliphatic carbocycles. The molecule has 29 heavy (non-hydrogen) atoms. The number of nitrogens with one attached hydrogen (secondary N) is 1. The van der Waals surface area contributed by atoms with E-state index < -0.39 is 0 Å². The number of anilines is 2. The van der Waals surface area contributed by atoms with E-state index in [-0.39, 0.29) is 17.9 Å². The Bertz CT molecular complexity index is 765. The van der Waals surface area contributed by atoms with Crippen LogP contribution in [0.3, 0.4) is 0 Å². The summed E-state index contributed by atoms with van der Waals surface area (Å²) in [5.74, 6) is 1.14. The third-order valence-corrected chi connectivity index (χ3v) is 7.09. The zero-order chi connectivity index (χ0) is 20.1. The van der Waals surface area contributed by atoms with Crippen molar-refractivity contribution in [3.8, 4) is 0 Å². The number of amides is 1. The lowest BCUT2D eigenvalue weighted by Crippen LogP contribution is -2.41. The molecule has 1 N–H and O–H groups in total. The molecule has 2 aliphatic rings. The molecule has 1 amide bonds. The van der Waals surface area contributed by atoms with Crippen LogP contribution in [0.5, 0.6) is 0 Å². The van der Waals surface area contributed by atoms with Crippen molar-refractivity contribution >= 4 is 28.9 Å². The fourth-order valence-electron chi connectivity index (χ4n) is 4.29. The molecule has 4 heterocycles. The highest BCUT2D eigenvalue weighted by molar-refractivity contribution is 7.10. The van der Waals surface area contributed by atoms with Crippen LogP contribution in [-0.4, -0.2) is 42.1 Å². The first-order chi connectivity index (χ1) is 14.2. The number of rotatable bonds is 6. The minimum absolute atomic E-state index is 0.0915. The minimum atomic E-state index is 0.0915. The molecule has 0 radical (unpaired) electrons. The SMILES string of the molecule is CCC(NC(=O)C1CCN(c2cnc(N3CCCCC3)nc2)CC1)c1cccs1. The molecule has 1 unspecified atom stereocenters. The lowest BCUT2D eigenvalue weighted by molar-refractivity contribution is -0.126. The number of nitrogens with zero attached hydrogens (tertiary/aromatic N) is 4. The van der Waals surface area contributed by atoms with Gasteiger partial charge in [-0.1, -0.05) is 13.0 Å². The number of hydrogen-bond acceptors (Lipinski definition) is 6. The summed E-state index contributed by atoms with van der Waals surface area (Å²) in [5.41, 5.74) is 1.06. The predicted molar refractivity (Wildman–Crippen MR) is 119 cm³/mol. The monoisotopic (exact) mass is 413 g/mol. The van der Waals surface area contributed by atoms with Crippen LogP contribution in [0, 0.1) is 5.92 Å². The second-order valence-electron chi connectivity index (χ2n) is 8.04. The summed E-state index contributed by atoms with van der Waals surface area (Å²) in [6, 6.07) is 4.29. The summed E-state index contributed by atoms with van der Waals surface area (Å²) in [6.45, 7) is 6.00. The highest BCUT2D eigenvalue weighted by Gasteiger charge is 2.27. The quantitative estimate of drug-likeness (QED) is 0.775. The summed E-state index contributed by atoms with van der Waals surface area (Å²) in [4.78, 5) is 27.8. The number of thiophene rings is 1. The maximum absolute atomic E-state index is 12.8. The van der Waals surface area contributed by atoms with Crippen LogP contribution in [0.25, 0.3) is 0 Å². The summed E-state index contributed by atoms with van der Waals surface area (Å²) in [5, 5.41) is 5.33. The van der Waals surface area contributed by atoms with E-state index in [4.69, 9.17) is 0 Å². The molecule has 4 rings (SSSR count). The smallest absolute Gasteiger partial charge is 0.225 e. The Morgan fingerprint density at radius 1 is 1.14 bits per heavy atom. The number of aromatic nitrogens is 2. The van der Waals surface area contributed by atoms with Crippen molar-refractivity contribution in [2.24, 2.45) is 5.92 Å². The maximum atomic E-state index is 12.8. The van der Waals surface area contributed by atoms with Gasteiger partial charge in [-0.15, -0.1) is 11.3 Å². The van der Waals surface area contributed by atoms with Crippen molar-refractivity contribution in [1.82, 2.24) is 15.3 Å². The van der Waals surface area contributed by atoms with E-state index in [9.17, 15) is 4.79 Å². The second-order valence-corrected chi connectivity index (χ2v) is 9.01. The third-order valence-electron chi connectivity index (χ3n) is 6.11. The van der Waals surface area contributed by atoms with Crippen LogP contribution in [0.4, 0.5) is 11.6 Å². The maximum Gasteiger partial charge on any atom is 0.225 e. The molecule has 1 atom stereocenters. The van der Waals surface area contributed by atoms with Gasteiger partial charge in [0.05, 0.1) is 24.1 Å². The molecule has 2 aromatic heterocycles. The van der Waals surface area contributed by atoms with Gasteiger partial charge >= 0.3 is 0 Å².